The number of para-hydroxylation sites is 1. The number of amides is 1. The number of rotatable bonds is 7. The van der Waals surface area contributed by atoms with Crippen LogP contribution < -0.4 is 4.90 Å². The first-order valence-corrected chi connectivity index (χ1v) is 14.0. The molecule has 0 saturated carbocycles. The number of aromatic nitrogens is 5. The molecule has 2 aromatic heterocycles. The van der Waals surface area contributed by atoms with E-state index in [1.54, 1.807) is 19.3 Å². The van der Waals surface area contributed by atoms with Gasteiger partial charge in [0, 0.05) is 61.8 Å². The number of anilines is 1. The van der Waals surface area contributed by atoms with Gasteiger partial charge in [-0.15, -0.1) is 10.2 Å². The number of nitrogens with one attached hydrogen (secondary N) is 1. The predicted molar refractivity (Wildman–Crippen MR) is 161 cm³/mol. The molecule has 0 bridgehead atoms. The molecule has 1 aliphatic heterocycles. The first-order chi connectivity index (χ1) is 20.1. The van der Waals surface area contributed by atoms with Crippen molar-refractivity contribution < 1.29 is 4.79 Å². The van der Waals surface area contributed by atoms with Crippen LogP contribution in [0.3, 0.4) is 0 Å². The van der Waals surface area contributed by atoms with E-state index in [-0.39, 0.29) is 11.9 Å². The second-order valence-electron chi connectivity index (χ2n) is 10.5. The zero-order valence-electron chi connectivity index (χ0n) is 23.4. The Morgan fingerprint density at radius 3 is 2.29 bits per heavy atom. The summed E-state index contributed by atoms with van der Waals surface area (Å²) in [6.45, 7) is 6.50. The number of aromatic amines is 1. The lowest BCUT2D eigenvalue weighted by Crippen LogP contribution is -2.47. The third kappa shape index (κ3) is 5.78. The molecule has 1 amide bonds. The van der Waals surface area contributed by atoms with E-state index >= 15 is 0 Å². The van der Waals surface area contributed by atoms with Gasteiger partial charge in [0.2, 0.25) is 11.7 Å². The van der Waals surface area contributed by atoms with Crippen molar-refractivity contribution in [1.82, 2.24) is 30.0 Å². The molecule has 1 aliphatic rings. The number of carbonyl (C=O) groups excluding carboxylic acids is 1. The van der Waals surface area contributed by atoms with Crippen LogP contribution in [-0.4, -0.2) is 55.1 Å². The number of imidazole rings is 1. The fraction of sp³-hybridized carbons (Fsp3) is 0.242. The molecule has 0 aliphatic carbocycles. The topological polar surface area (TPSA) is 90.9 Å². The van der Waals surface area contributed by atoms with Gasteiger partial charge >= 0.3 is 0 Å². The minimum absolute atomic E-state index is 0.109. The highest BCUT2D eigenvalue weighted by Crippen LogP contribution is 2.31. The van der Waals surface area contributed by atoms with Gasteiger partial charge in [-0.25, -0.2) is 9.97 Å². The van der Waals surface area contributed by atoms with Gasteiger partial charge in [0.1, 0.15) is 11.4 Å². The van der Waals surface area contributed by atoms with Crippen molar-refractivity contribution in [1.29, 1.82) is 0 Å². The Hall–Kier alpha value is -4.69. The summed E-state index contributed by atoms with van der Waals surface area (Å²) in [5, 5.41) is 8.90. The van der Waals surface area contributed by atoms with Crippen molar-refractivity contribution in [3.05, 3.63) is 102 Å². The van der Waals surface area contributed by atoms with E-state index in [4.69, 9.17) is 4.98 Å². The van der Waals surface area contributed by atoms with Gasteiger partial charge in [-0.2, -0.15) is 0 Å². The maximum atomic E-state index is 12.6. The van der Waals surface area contributed by atoms with Crippen molar-refractivity contribution in [3.8, 4) is 34.2 Å². The first-order valence-electron chi connectivity index (χ1n) is 14.0. The van der Waals surface area contributed by atoms with E-state index in [1.165, 1.54) is 5.56 Å². The summed E-state index contributed by atoms with van der Waals surface area (Å²) in [4.78, 5) is 29.3. The standard InChI is InChI=1S/C33H33N7O/c1-23-8-6-7-11-29(23)40(24(2)41)28-16-20-39(21-17-28)22-25-12-14-27(15-13-25)30-31(26-9-4-3-5-10-26)37-38-33(36-30)32-34-18-19-35-32/h3-15,18-19,28H,16-17,20-22H2,1-2H3,(H,34,35). The number of H-pyrrole nitrogens is 1. The molecule has 0 radical (unpaired) electrons. The van der Waals surface area contributed by atoms with Crippen LogP contribution in [0.2, 0.25) is 0 Å². The largest absolute Gasteiger partial charge is 0.342 e. The van der Waals surface area contributed by atoms with Gasteiger partial charge in [0.25, 0.3) is 0 Å². The highest BCUT2D eigenvalue weighted by Gasteiger charge is 2.28. The van der Waals surface area contributed by atoms with Crippen LogP contribution in [0.5, 0.6) is 0 Å². The normalized spacial score (nSPS) is 14.2. The van der Waals surface area contributed by atoms with E-state index < -0.39 is 0 Å². The van der Waals surface area contributed by atoms with E-state index in [1.807, 2.05) is 47.4 Å². The molecule has 0 spiro atoms. The van der Waals surface area contributed by atoms with Crippen molar-refractivity contribution in [2.45, 2.75) is 39.3 Å². The number of carbonyl (C=O) groups is 1. The number of hydrogen-bond donors (Lipinski definition) is 1. The molecule has 6 rings (SSSR count). The molecule has 206 valence electrons. The number of nitrogens with zero attached hydrogens (tertiary/aromatic N) is 6. The van der Waals surface area contributed by atoms with Gasteiger partial charge in [-0.1, -0.05) is 72.8 Å². The van der Waals surface area contributed by atoms with Gasteiger partial charge in [0.05, 0.1) is 0 Å². The van der Waals surface area contributed by atoms with Gasteiger partial charge in [-0.05, 0) is 37.0 Å². The second kappa shape index (κ2) is 11.8. The zero-order chi connectivity index (χ0) is 28.2. The first kappa shape index (κ1) is 26.5. The van der Waals surface area contributed by atoms with Crippen molar-refractivity contribution in [3.63, 3.8) is 0 Å². The summed E-state index contributed by atoms with van der Waals surface area (Å²) in [5.41, 5.74) is 6.85. The molecule has 3 heterocycles. The van der Waals surface area contributed by atoms with Crippen LogP contribution in [-0.2, 0) is 11.3 Å². The summed E-state index contributed by atoms with van der Waals surface area (Å²) >= 11 is 0. The Kier molecular flexibility index (Phi) is 7.65. The average molecular weight is 544 g/mol. The molecule has 0 unspecified atom stereocenters. The molecule has 8 heteroatoms. The summed E-state index contributed by atoms with van der Waals surface area (Å²) < 4.78 is 0. The highest BCUT2D eigenvalue weighted by atomic mass is 16.2. The Bertz CT molecular complexity index is 1610. The molecular weight excluding hydrogens is 510 g/mol. The lowest BCUT2D eigenvalue weighted by Gasteiger charge is -2.38. The van der Waals surface area contributed by atoms with Crippen molar-refractivity contribution in [2.24, 2.45) is 0 Å². The molecule has 41 heavy (non-hydrogen) atoms. The molecule has 1 fully saturated rings. The van der Waals surface area contributed by atoms with Gasteiger partial charge < -0.3 is 9.88 Å². The molecule has 3 aromatic carbocycles. The Morgan fingerprint density at radius 2 is 1.61 bits per heavy atom. The Balaban J connectivity index is 1.17. The molecular formula is C33H33N7O. The molecule has 1 N–H and O–H groups in total. The van der Waals surface area contributed by atoms with Crippen molar-refractivity contribution >= 4 is 11.6 Å². The third-order valence-corrected chi connectivity index (χ3v) is 7.71. The number of benzene rings is 3. The second-order valence-corrected chi connectivity index (χ2v) is 10.5. The quantitative estimate of drug-likeness (QED) is 0.274. The highest BCUT2D eigenvalue weighted by molar-refractivity contribution is 5.93. The van der Waals surface area contributed by atoms with Crippen LogP contribution >= 0.6 is 0 Å². The molecule has 0 atom stereocenters. The minimum Gasteiger partial charge on any atom is -0.342 e. The summed E-state index contributed by atoms with van der Waals surface area (Å²) in [6, 6.07) is 26.9. The predicted octanol–water partition coefficient (Wildman–Crippen LogP) is 5.92. The van der Waals surface area contributed by atoms with Crippen LogP contribution in [0.15, 0.2) is 91.3 Å². The summed E-state index contributed by atoms with van der Waals surface area (Å²) in [7, 11) is 0. The molecule has 5 aromatic rings. The fourth-order valence-electron chi connectivity index (χ4n) is 5.62. The minimum atomic E-state index is 0.109. The number of likely N-dealkylation sites (tertiary alicyclic amines) is 1. The van der Waals surface area contributed by atoms with E-state index in [0.717, 1.165) is 66.2 Å². The van der Waals surface area contributed by atoms with Crippen LogP contribution in [0, 0.1) is 6.92 Å². The lowest BCUT2D eigenvalue weighted by molar-refractivity contribution is -0.117. The average Bonchev–Trinajstić information content (AvgIpc) is 3.55. The molecule has 8 nitrogen and oxygen atoms in total. The SMILES string of the molecule is CC(=O)N(c1ccccc1C)C1CCN(Cc2ccc(-c3nc(-c4ncc[nH]4)nnc3-c3ccccc3)cc2)CC1. The van der Waals surface area contributed by atoms with Gasteiger partial charge in [0.15, 0.2) is 5.82 Å². The van der Waals surface area contributed by atoms with Crippen molar-refractivity contribution in [2.75, 3.05) is 18.0 Å². The third-order valence-electron chi connectivity index (χ3n) is 7.71. The monoisotopic (exact) mass is 543 g/mol. The van der Waals surface area contributed by atoms with E-state index in [0.29, 0.717) is 11.6 Å². The van der Waals surface area contributed by atoms with Crippen LogP contribution in [0.1, 0.15) is 30.9 Å². The number of hydrogen-bond acceptors (Lipinski definition) is 6. The van der Waals surface area contributed by atoms with Crippen LogP contribution in [0.4, 0.5) is 5.69 Å². The summed E-state index contributed by atoms with van der Waals surface area (Å²) in [6.07, 6.45) is 5.34. The Labute approximate surface area is 240 Å². The molecule has 1 saturated heterocycles. The van der Waals surface area contributed by atoms with Gasteiger partial charge in [-0.3, -0.25) is 9.69 Å². The number of piperidine rings is 1. The van der Waals surface area contributed by atoms with E-state index in [2.05, 4.69) is 68.4 Å². The zero-order valence-corrected chi connectivity index (χ0v) is 23.4. The maximum Gasteiger partial charge on any atom is 0.224 e. The summed E-state index contributed by atoms with van der Waals surface area (Å²) in [5.74, 6) is 1.16. The Morgan fingerprint density at radius 1 is 0.902 bits per heavy atom. The van der Waals surface area contributed by atoms with E-state index in [9.17, 15) is 4.79 Å². The smallest absolute Gasteiger partial charge is 0.224 e. The maximum absolute atomic E-state index is 12.6. The number of aryl methyl sites for hydroxylation is 1. The van der Waals surface area contributed by atoms with Crippen LogP contribution in [0.25, 0.3) is 34.2 Å². The fourth-order valence-corrected chi connectivity index (χ4v) is 5.62. The lowest BCUT2D eigenvalue weighted by atomic mass is 9.99.